The number of alkyl halides is 1. The fourth-order valence-corrected chi connectivity index (χ4v) is 0.473. The van der Waals surface area contributed by atoms with E-state index in [0.717, 1.165) is 0 Å². The largest absolute Gasteiger partial charge is 0.462 e. The molecule has 0 aliphatic carbocycles. The predicted octanol–water partition coefficient (Wildman–Crippen LogP) is 1.76. The second kappa shape index (κ2) is 4.09. The zero-order valence-electron chi connectivity index (χ0n) is 5.85. The molecule has 0 aromatic heterocycles. The minimum atomic E-state index is -0.134. The average molecular weight is 242 g/mol. The third kappa shape index (κ3) is 4.69. The number of hydrogen-bond donors (Lipinski definition) is 0. The molecule has 0 saturated heterocycles. The van der Waals surface area contributed by atoms with Gasteiger partial charge in [-0.25, -0.2) is 0 Å². The lowest BCUT2D eigenvalue weighted by atomic mass is 10.4. The van der Waals surface area contributed by atoms with E-state index in [0.29, 0.717) is 0 Å². The molecular formula is C6H11IO2. The third-order valence-corrected chi connectivity index (χ3v) is 1.19. The minimum Gasteiger partial charge on any atom is -0.462 e. The number of ether oxygens (including phenoxy) is 1. The molecule has 0 N–H and O–H groups in total. The zero-order valence-corrected chi connectivity index (χ0v) is 8.01. The molecule has 0 rings (SSSR count). The van der Waals surface area contributed by atoms with Crippen molar-refractivity contribution in [2.24, 2.45) is 0 Å². The quantitative estimate of drug-likeness (QED) is 0.419. The van der Waals surface area contributed by atoms with Gasteiger partial charge in [0.2, 0.25) is 0 Å². The highest BCUT2D eigenvalue weighted by Crippen LogP contribution is 2.02. The molecule has 2 nitrogen and oxygen atoms in total. The van der Waals surface area contributed by atoms with Crippen molar-refractivity contribution in [3.63, 3.8) is 0 Å². The Labute approximate surface area is 69.1 Å². The Morgan fingerprint density at radius 1 is 1.44 bits per heavy atom. The number of hydrogen-bond acceptors (Lipinski definition) is 2. The average Bonchev–Trinajstić information content (AvgIpc) is 1.63. The summed E-state index contributed by atoms with van der Waals surface area (Å²) in [7, 11) is 0. The zero-order chi connectivity index (χ0) is 7.44. The Balaban J connectivity index is 3.51. The summed E-state index contributed by atoms with van der Waals surface area (Å²) in [5, 5.41) is 0. The van der Waals surface area contributed by atoms with Crippen LogP contribution in [0.4, 0.5) is 0 Å². The molecule has 0 bridgehead atoms. The Morgan fingerprint density at radius 2 is 1.89 bits per heavy atom. The van der Waals surface area contributed by atoms with E-state index in [1.54, 1.807) is 0 Å². The second-order valence-corrected chi connectivity index (χ2v) is 3.97. The molecule has 0 aromatic rings. The van der Waals surface area contributed by atoms with E-state index in [1.165, 1.54) is 0 Å². The van der Waals surface area contributed by atoms with Crippen LogP contribution >= 0.6 is 22.6 Å². The van der Waals surface area contributed by atoms with Crippen LogP contribution in [0.5, 0.6) is 0 Å². The highest BCUT2D eigenvalue weighted by atomic mass is 127. The van der Waals surface area contributed by atoms with Crippen molar-refractivity contribution in [1.82, 2.24) is 0 Å². The molecule has 0 radical (unpaired) electrons. The molecule has 9 heavy (non-hydrogen) atoms. The molecule has 1 unspecified atom stereocenters. The van der Waals surface area contributed by atoms with Crippen molar-refractivity contribution in [3.05, 3.63) is 0 Å². The fourth-order valence-electron chi connectivity index (χ4n) is 0.326. The van der Waals surface area contributed by atoms with Gasteiger partial charge >= 0.3 is 5.97 Å². The van der Waals surface area contributed by atoms with Gasteiger partial charge < -0.3 is 4.74 Å². The Bertz CT molecular complexity index is 99.2. The van der Waals surface area contributed by atoms with Gasteiger partial charge in [-0.2, -0.15) is 0 Å². The van der Waals surface area contributed by atoms with Crippen LogP contribution in [-0.2, 0) is 9.53 Å². The highest BCUT2D eigenvalue weighted by Gasteiger charge is 2.10. The molecule has 0 aromatic carbocycles. The number of halogens is 1. The summed E-state index contributed by atoms with van der Waals surface area (Å²) in [6.07, 6.45) is 0.00900. The van der Waals surface area contributed by atoms with Crippen molar-refractivity contribution in [2.45, 2.75) is 30.8 Å². The van der Waals surface area contributed by atoms with Crippen molar-refractivity contribution in [3.8, 4) is 0 Å². The fraction of sp³-hybridized carbons (Fsp3) is 0.833. The first-order chi connectivity index (χ1) is 4.04. The molecule has 1 atom stereocenters. The molecule has 0 heterocycles. The van der Waals surface area contributed by atoms with Gasteiger partial charge in [-0.15, -0.1) is 0 Å². The van der Waals surface area contributed by atoms with E-state index in [2.05, 4.69) is 0 Å². The first kappa shape index (κ1) is 9.20. The molecule has 0 spiro atoms. The molecule has 0 fully saturated rings. The van der Waals surface area contributed by atoms with Gasteiger partial charge in [0, 0.05) is 0 Å². The van der Waals surface area contributed by atoms with E-state index in [4.69, 9.17) is 4.74 Å². The lowest BCUT2D eigenvalue weighted by Gasteiger charge is -2.08. The summed E-state index contributed by atoms with van der Waals surface area (Å²) in [5.41, 5.74) is 0. The number of carbonyl (C=O) groups excluding carboxylic acids is 1. The smallest absolute Gasteiger partial charge is 0.318 e. The van der Waals surface area contributed by atoms with Gasteiger partial charge in [0.25, 0.3) is 0 Å². The van der Waals surface area contributed by atoms with E-state index < -0.39 is 0 Å². The van der Waals surface area contributed by atoms with Gasteiger partial charge in [0.1, 0.15) is 3.92 Å². The standard InChI is InChI=1S/C6H11IO2/c1-4(2)9-6(8)5(3)7/h4-5H,1-3H3. The number of esters is 1. The molecule has 3 heteroatoms. The molecule has 0 aliphatic heterocycles. The van der Waals surface area contributed by atoms with Gasteiger partial charge in [0.15, 0.2) is 0 Å². The lowest BCUT2D eigenvalue weighted by Crippen LogP contribution is -2.18. The third-order valence-electron chi connectivity index (χ3n) is 0.677. The predicted molar refractivity (Wildman–Crippen MR) is 44.7 cm³/mol. The Kier molecular flexibility index (Phi) is 4.18. The van der Waals surface area contributed by atoms with Crippen LogP contribution in [0, 0.1) is 0 Å². The maximum Gasteiger partial charge on any atom is 0.318 e. The van der Waals surface area contributed by atoms with E-state index in [1.807, 2.05) is 43.4 Å². The Hall–Kier alpha value is 0.200. The summed E-state index contributed by atoms with van der Waals surface area (Å²) in [4.78, 5) is 10.7. The number of rotatable bonds is 2. The normalized spacial score (nSPS) is 13.4. The second-order valence-electron chi connectivity index (χ2n) is 2.10. The van der Waals surface area contributed by atoms with Crippen LogP contribution < -0.4 is 0 Å². The summed E-state index contributed by atoms with van der Waals surface area (Å²) < 4.78 is 4.83. The van der Waals surface area contributed by atoms with Crippen molar-refractivity contribution in [2.75, 3.05) is 0 Å². The van der Waals surface area contributed by atoms with Gasteiger partial charge in [-0.05, 0) is 20.8 Å². The first-order valence-electron chi connectivity index (χ1n) is 2.88. The minimum absolute atomic E-state index is 0.00900. The maximum atomic E-state index is 10.7. The van der Waals surface area contributed by atoms with Gasteiger partial charge in [0.05, 0.1) is 6.10 Å². The molecule has 54 valence electrons. The summed E-state index contributed by atoms with van der Waals surface area (Å²) in [6, 6.07) is 0. The van der Waals surface area contributed by atoms with Crippen molar-refractivity contribution < 1.29 is 9.53 Å². The Morgan fingerprint density at radius 3 is 2.00 bits per heavy atom. The van der Waals surface area contributed by atoms with Crippen LogP contribution in [0.2, 0.25) is 0 Å². The van der Waals surface area contributed by atoms with E-state index in [9.17, 15) is 4.79 Å². The van der Waals surface area contributed by atoms with Crippen LogP contribution in [0.15, 0.2) is 0 Å². The summed E-state index contributed by atoms with van der Waals surface area (Å²) >= 11 is 2.03. The van der Waals surface area contributed by atoms with E-state index >= 15 is 0 Å². The topological polar surface area (TPSA) is 26.3 Å². The van der Waals surface area contributed by atoms with Crippen LogP contribution in [-0.4, -0.2) is 16.0 Å². The molecular weight excluding hydrogens is 231 g/mol. The molecule has 0 saturated carbocycles. The van der Waals surface area contributed by atoms with Crippen LogP contribution in [0.3, 0.4) is 0 Å². The highest BCUT2D eigenvalue weighted by molar-refractivity contribution is 14.1. The monoisotopic (exact) mass is 242 g/mol. The molecule has 0 amide bonds. The van der Waals surface area contributed by atoms with Crippen LogP contribution in [0.25, 0.3) is 0 Å². The SMILES string of the molecule is CC(C)OC(=O)C(C)I. The number of carbonyl (C=O) groups is 1. The maximum absolute atomic E-state index is 10.7. The van der Waals surface area contributed by atoms with Crippen LogP contribution in [0.1, 0.15) is 20.8 Å². The summed E-state index contributed by atoms with van der Waals surface area (Å²) in [5.74, 6) is -0.134. The molecule has 0 aliphatic rings. The van der Waals surface area contributed by atoms with Gasteiger partial charge in [-0.3, -0.25) is 4.79 Å². The lowest BCUT2D eigenvalue weighted by molar-refractivity contribution is -0.145. The summed E-state index contributed by atoms with van der Waals surface area (Å²) in [6.45, 7) is 5.50. The van der Waals surface area contributed by atoms with Crippen molar-refractivity contribution >= 4 is 28.6 Å². The van der Waals surface area contributed by atoms with Gasteiger partial charge in [-0.1, -0.05) is 22.6 Å². The van der Waals surface area contributed by atoms with Crippen molar-refractivity contribution in [1.29, 1.82) is 0 Å². The van der Waals surface area contributed by atoms with E-state index in [-0.39, 0.29) is 16.0 Å². The first-order valence-corrected chi connectivity index (χ1v) is 4.13.